The number of ether oxygens (including phenoxy) is 14. The lowest BCUT2D eigenvalue weighted by molar-refractivity contribution is -0.147. The lowest BCUT2D eigenvalue weighted by Gasteiger charge is -2.26. The molecule has 0 radical (unpaired) electrons. The van der Waals surface area contributed by atoms with Crippen molar-refractivity contribution in [3.05, 3.63) is 0 Å². The van der Waals surface area contributed by atoms with E-state index in [4.69, 9.17) is 66.3 Å². The van der Waals surface area contributed by atoms with Crippen LogP contribution in [0.25, 0.3) is 0 Å². The lowest BCUT2D eigenvalue weighted by atomic mass is 10.1. The van der Waals surface area contributed by atoms with Crippen molar-refractivity contribution in [1.29, 1.82) is 0 Å². The molecule has 7 heterocycles. The first kappa shape index (κ1) is 123. The summed E-state index contributed by atoms with van der Waals surface area (Å²) in [4.78, 5) is 39.6. The predicted molar refractivity (Wildman–Crippen MR) is 528 cm³/mol. The number of esters is 2. The fourth-order valence-electron chi connectivity index (χ4n) is 15.7. The average molecular weight is 1820 g/mol. The van der Waals surface area contributed by atoms with Crippen LogP contribution in [-0.4, -0.2) is 355 Å². The third-order valence-electron chi connectivity index (χ3n) is 24.4. The number of morpholine rings is 7. The summed E-state index contributed by atoms with van der Waals surface area (Å²) >= 11 is 0. The maximum absolute atomic E-state index is 11.7. The second-order valence-corrected chi connectivity index (χ2v) is 36.0. The summed E-state index contributed by atoms with van der Waals surface area (Å²) in [5.41, 5.74) is 0. The summed E-state index contributed by atoms with van der Waals surface area (Å²) in [5, 5.41) is 0. The SMILES string of the molecule is CCCCCCCCCCCCOC(=O)CN1CCOCC1.CCCCCCCCCCCCOCCN1CCOCC1.CCCCCCCCCCOC(=O)CN1CCOCC1.CCCCCCCCCCOCCN1CCOCC1.CCCCCCCCOCCN1CCOCC1.CCCCCCOCCN1CCOCC1.CCCCOCCN1CCOCC1. The molecule has 7 saturated heterocycles. The van der Waals surface area contributed by atoms with Crippen LogP contribution in [0.4, 0.5) is 0 Å². The van der Waals surface area contributed by atoms with Gasteiger partial charge in [-0.1, -0.05) is 312 Å². The standard InChI is InChI=1S/C18H35NO3.C18H37NO2.C16H31NO3.C16H33NO2.C14H29NO2.C12H25NO2.C10H21NO2/c1-2-3-4-5-6-7-8-9-10-11-14-22-18(20)17-19-12-15-21-16-13-19;1-2-3-4-5-6-7-8-9-10-11-15-20-16-12-19-13-17-21-18-14-19;1-2-3-4-5-6-7-8-9-12-20-16(18)15-17-10-13-19-14-11-17;1-2-3-4-5-6-7-8-9-13-18-14-10-17-11-15-19-16-12-17;1-2-3-4-5-6-7-11-16-12-8-15-9-13-17-14-10-15;1-2-3-4-5-9-14-10-6-13-7-11-15-12-8-13;1-2-3-7-12-8-4-11-5-9-13-10-6-11/h2-17H2,1H3;2-18H2,1H3;2-15H2,1H3;2-16H2,1H3;2-14H2,1H3;2-12H2,1H3;2-10H2,1H3. The molecule has 0 spiro atoms. The highest BCUT2D eigenvalue weighted by Crippen LogP contribution is 2.16. The highest BCUT2D eigenvalue weighted by Gasteiger charge is 2.19. The van der Waals surface area contributed by atoms with Crippen LogP contribution in [0.3, 0.4) is 0 Å². The molecule has 23 nitrogen and oxygen atoms in total. The van der Waals surface area contributed by atoms with Gasteiger partial charge in [0.05, 0.1) is 152 Å². The maximum Gasteiger partial charge on any atom is 0.320 e. The molecule has 23 heteroatoms. The third kappa shape index (κ3) is 93.0. The first-order chi connectivity index (χ1) is 62.8. The van der Waals surface area contributed by atoms with E-state index in [0.717, 1.165) is 296 Å². The van der Waals surface area contributed by atoms with Crippen molar-refractivity contribution in [3.8, 4) is 0 Å². The Balaban J connectivity index is 0.000000745. The molecule has 0 saturated carbocycles. The van der Waals surface area contributed by atoms with E-state index >= 15 is 0 Å². The molecule has 0 atom stereocenters. The third-order valence-corrected chi connectivity index (χ3v) is 24.4. The molecule has 0 N–H and O–H groups in total. The van der Waals surface area contributed by atoms with Crippen LogP contribution < -0.4 is 0 Å². The van der Waals surface area contributed by atoms with Crippen LogP contribution in [0.5, 0.6) is 0 Å². The van der Waals surface area contributed by atoms with E-state index in [0.29, 0.717) is 26.3 Å². The molecule has 7 rings (SSSR count). The number of unbranched alkanes of at least 4 members (excludes halogenated alkanes) is 41. The largest absolute Gasteiger partial charge is 0.465 e. The van der Waals surface area contributed by atoms with Crippen LogP contribution in [0.1, 0.15) is 357 Å². The summed E-state index contributed by atoms with van der Waals surface area (Å²) in [7, 11) is 0. The van der Waals surface area contributed by atoms with Gasteiger partial charge < -0.3 is 66.3 Å². The van der Waals surface area contributed by atoms with Gasteiger partial charge in [-0.2, -0.15) is 0 Å². The molecule has 7 fully saturated rings. The Morgan fingerprint density at radius 3 is 0.496 bits per heavy atom. The van der Waals surface area contributed by atoms with E-state index < -0.39 is 0 Å². The number of carbonyl (C=O) groups excluding carboxylic acids is 2. The second-order valence-electron chi connectivity index (χ2n) is 36.0. The second kappa shape index (κ2) is 105. The highest BCUT2D eigenvalue weighted by atomic mass is 16.5. The van der Waals surface area contributed by atoms with E-state index in [1.165, 1.54) is 295 Å². The van der Waals surface area contributed by atoms with Crippen molar-refractivity contribution in [1.82, 2.24) is 34.3 Å². The van der Waals surface area contributed by atoms with Gasteiger partial charge in [0, 0.05) is 157 Å². The molecule has 0 bridgehead atoms. The van der Waals surface area contributed by atoms with Crippen molar-refractivity contribution >= 4 is 11.9 Å². The Bertz CT molecular complexity index is 2090. The Morgan fingerprint density at radius 1 is 0.173 bits per heavy atom. The fraction of sp³-hybridized carbons (Fsp3) is 0.981. The van der Waals surface area contributed by atoms with Gasteiger partial charge in [0.25, 0.3) is 0 Å². The maximum atomic E-state index is 11.7. The van der Waals surface area contributed by atoms with Crippen molar-refractivity contribution in [3.63, 3.8) is 0 Å². The van der Waals surface area contributed by atoms with Gasteiger partial charge in [-0.3, -0.25) is 43.9 Å². The molecule has 758 valence electrons. The van der Waals surface area contributed by atoms with Crippen LogP contribution in [0.2, 0.25) is 0 Å². The Labute approximate surface area is 784 Å². The Morgan fingerprint density at radius 2 is 0.315 bits per heavy atom. The fourth-order valence-corrected chi connectivity index (χ4v) is 15.7. The zero-order chi connectivity index (χ0) is 91.3. The first-order valence-corrected chi connectivity index (χ1v) is 54.1. The zero-order valence-corrected chi connectivity index (χ0v) is 84.8. The quantitative estimate of drug-likeness (QED) is 0.0413. The van der Waals surface area contributed by atoms with E-state index in [9.17, 15) is 9.59 Å². The number of carbonyl (C=O) groups is 2. The van der Waals surface area contributed by atoms with E-state index in [1.54, 1.807) is 0 Å². The van der Waals surface area contributed by atoms with Crippen molar-refractivity contribution in [2.75, 3.05) is 309 Å². The summed E-state index contributed by atoms with van der Waals surface area (Å²) in [6, 6.07) is 0. The summed E-state index contributed by atoms with van der Waals surface area (Å²) in [5.74, 6) is -0.173. The Hall–Kier alpha value is -1.82. The minimum absolute atomic E-state index is 0.0853. The zero-order valence-electron chi connectivity index (χ0n) is 84.8. The molecule has 0 aliphatic carbocycles. The van der Waals surface area contributed by atoms with Gasteiger partial charge in [0.1, 0.15) is 0 Å². The monoisotopic (exact) mass is 1810 g/mol. The summed E-state index contributed by atoms with van der Waals surface area (Å²) < 4.78 is 75.8. The minimum Gasteiger partial charge on any atom is -0.465 e. The van der Waals surface area contributed by atoms with Crippen molar-refractivity contribution in [2.24, 2.45) is 0 Å². The normalized spacial score (nSPS) is 17.0. The van der Waals surface area contributed by atoms with E-state index in [1.807, 2.05) is 0 Å². The summed E-state index contributed by atoms with van der Waals surface area (Å²) in [6.07, 6.45) is 63.7. The molecule has 0 unspecified atom stereocenters. The lowest BCUT2D eigenvalue weighted by Crippen LogP contribution is -2.40. The van der Waals surface area contributed by atoms with Gasteiger partial charge in [-0.15, -0.1) is 0 Å². The molecule has 0 amide bonds. The van der Waals surface area contributed by atoms with E-state index in [2.05, 4.69) is 82.8 Å². The van der Waals surface area contributed by atoms with Crippen molar-refractivity contribution in [2.45, 2.75) is 357 Å². The van der Waals surface area contributed by atoms with Gasteiger partial charge in [0.15, 0.2) is 0 Å². The smallest absolute Gasteiger partial charge is 0.320 e. The topological polar surface area (TPSA) is 186 Å². The average Bonchev–Trinajstić information content (AvgIpc) is 0.949. The molecule has 0 aromatic heterocycles. The molecule has 7 aliphatic heterocycles. The number of rotatable bonds is 74. The number of hydrogen-bond acceptors (Lipinski definition) is 23. The molecule has 0 aromatic carbocycles. The number of nitrogens with zero attached hydrogens (tertiary/aromatic N) is 7. The van der Waals surface area contributed by atoms with Gasteiger partial charge >= 0.3 is 11.9 Å². The van der Waals surface area contributed by atoms with Crippen LogP contribution in [0.15, 0.2) is 0 Å². The molecule has 0 aromatic rings. The summed E-state index contributed by atoms with van der Waals surface area (Å²) in [6.45, 7) is 58.0. The molecule has 7 aliphatic rings. The number of hydrogen-bond donors (Lipinski definition) is 0. The van der Waals surface area contributed by atoms with Crippen LogP contribution >= 0.6 is 0 Å². The molecular weight excluding hydrogens is 1600 g/mol. The van der Waals surface area contributed by atoms with Crippen LogP contribution in [0, 0.1) is 0 Å². The van der Waals surface area contributed by atoms with Gasteiger partial charge in [-0.05, 0) is 44.9 Å². The van der Waals surface area contributed by atoms with Crippen molar-refractivity contribution < 1.29 is 75.9 Å². The Kier molecular flexibility index (Phi) is 102. The predicted octanol–water partition coefficient (Wildman–Crippen LogP) is 20.3. The molecular formula is C104H211N7O16. The van der Waals surface area contributed by atoms with Crippen LogP contribution in [-0.2, 0) is 75.9 Å². The van der Waals surface area contributed by atoms with E-state index in [-0.39, 0.29) is 11.9 Å². The first-order valence-electron chi connectivity index (χ1n) is 54.1. The minimum atomic E-state index is -0.0881. The van der Waals surface area contributed by atoms with Gasteiger partial charge in [-0.25, -0.2) is 0 Å². The van der Waals surface area contributed by atoms with Gasteiger partial charge in [0.2, 0.25) is 0 Å². The molecule has 127 heavy (non-hydrogen) atoms. The highest BCUT2D eigenvalue weighted by molar-refractivity contribution is 5.72.